The van der Waals surface area contributed by atoms with E-state index in [2.05, 4.69) is 47.9 Å². The van der Waals surface area contributed by atoms with Crippen LogP contribution in [-0.4, -0.2) is 29.1 Å². The SMILES string of the molecule is C=C1CC[C@H]2[C@H]3Cc4c(Cc5ccccc5)cc(O)cc4[C@@]2(CCN3CC2CC2)C1. The minimum absolute atomic E-state index is 0.192. The number of likely N-dealkylation sites (tertiary alicyclic amines) is 1. The van der Waals surface area contributed by atoms with E-state index in [0.29, 0.717) is 11.8 Å². The van der Waals surface area contributed by atoms with Crippen LogP contribution >= 0.6 is 0 Å². The Bertz CT molecular complexity index is 976. The molecule has 2 aromatic rings. The van der Waals surface area contributed by atoms with E-state index in [9.17, 15) is 5.11 Å². The van der Waals surface area contributed by atoms with Gasteiger partial charge in [-0.25, -0.2) is 0 Å². The molecule has 30 heavy (non-hydrogen) atoms. The van der Waals surface area contributed by atoms with Crippen LogP contribution in [0.3, 0.4) is 0 Å². The molecule has 2 nitrogen and oxygen atoms in total. The quantitative estimate of drug-likeness (QED) is 0.675. The maximum absolute atomic E-state index is 10.7. The van der Waals surface area contributed by atoms with Crippen molar-refractivity contribution in [3.63, 3.8) is 0 Å². The van der Waals surface area contributed by atoms with Gasteiger partial charge in [-0.15, -0.1) is 0 Å². The van der Waals surface area contributed by atoms with Gasteiger partial charge in [-0.1, -0.05) is 42.5 Å². The predicted molar refractivity (Wildman–Crippen MR) is 122 cm³/mol. The zero-order chi connectivity index (χ0) is 20.3. The average molecular weight is 400 g/mol. The van der Waals surface area contributed by atoms with E-state index in [1.54, 1.807) is 0 Å². The molecule has 6 rings (SSSR count). The van der Waals surface area contributed by atoms with Crippen LogP contribution in [0.4, 0.5) is 0 Å². The number of piperidine rings is 1. The first-order valence-corrected chi connectivity index (χ1v) is 11.9. The van der Waals surface area contributed by atoms with Crippen molar-refractivity contribution in [3.8, 4) is 5.75 Å². The van der Waals surface area contributed by atoms with Crippen molar-refractivity contribution in [3.05, 3.63) is 76.9 Å². The topological polar surface area (TPSA) is 23.5 Å². The van der Waals surface area contributed by atoms with E-state index in [1.807, 2.05) is 6.07 Å². The van der Waals surface area contributed by atoms with Gasteiger partial charge in [-0.05, 0) is 104 Å². The number of fused-ring (bicyclic) bond motifs is 1. The van der Waals surface area contributed by atoms with Crippen LogP contribution in [-0.2, 0) is 18.3 Å². The molecular formula is C28H33NO. The first kappa shape index (κ1) is 18.7. The van der Waals surface area contributed by atoms with Crippen LogP contribution < -0.4 is 0 Å². The highest BCUT2D eigenvalue weighted by Gasteiger charge is 2.55. The van der Waals surface area contributed by atoms with Gasteiger partial charge in [0.25, 0.3) is 0 Å². The van der Waals surface area contributed by atoms with E-state index in [4.69, 9.17) is 0 Å². The highest BCUT2D eigenvalue weighted by atomic mass is 16.3. The molecule has 0 spiro atoms. The van der Waals surface area contributed by atoms with Crippen molar-refractivity contribution < 1.29 is 5.11 Å². The molecule has 2 saturated carbocycles. The van der Waals surface area contributed by atoms with Gasteiger partial charge in [0.2, 0.25) is 0 Å². The Balaban J connectivity index is 1.46. The smallest absolute Gasteiger partial charge is 0.116 e. The molecule has 156 valence electrons. The van der Waals surface area contributed by atoms with E-state index in [1.165, 1.54) is 73.0 Å². The van der Waals surface area contributed by atoms with Gasteiger partial charge < -0.3 is 5.11 Å². The number of hydrogen-bond donors (Lipinski definition) is 1. The van der Waals surface area contributed by atoms with Gasteiger partial charge in [0.15, 0.2) is 0 Å². The molecule has 2 bridgehead atoms. The van der Waals surface area contributed by atoms with Gasteiger partial charge in [0.1, 0.15) is 5.75 Å². The number of phenols is 1. The number of nitrogens with zero attached hydrogens (tertiary/aromatic N) is 1. The third-order valence-electron chi connectivity index (χ3n) is 8.57. The van der Waals surface area contributed by atoms with Gasteiger partial charge in [-0.2, -0.15) is 0 Å². The Morgan fingerprint density at radius 1 is 1.10 bits per heavy atom. The van der Waals surface area contributed by atoms with Crippen molar-refractivity contribution in [1.82, 2.24) is 4.90 Å². The zero-order valence-electron chi connectivity index (χ0n) is 17.9. The first-order valence-electron chi connectivity index (χ1n) is 11.9. The van der Waals surface area contributed by atoms with Crippen LogP contribution in [0.5, 0.6) is 5.75 Å². The number of phenolic OH excluding ortho intramolecular Hbond substituents is 1. The Labute approximate surface area is 180 Å². The lowest BCUT2D eigenvalue weighted by Crippen LogP contribution is -2.61. The summed E-state index contributed by atoms with van der Waals surface area (Å²) < 4.78 is 0. The molecule has 3 fully saturated rings. The molecule has 0 unspecified atom stereocenters. The van der Waals surface area contributed by atoms with Crippen LogP contribution in [0.2, 0.25) is 0 Å². The van der Waals surface area contributed by atoms with Gasteiger partial charge in [0.05, 0.1) is 0 Å². The number of aromatic hydroxyl groups is 1. The summed E-state index contributed by atoms with van der Waals surface area (Å²) in [5.41, 5.74) is 7.27. The van der Waals surface area contributed by atoms with Crippen molar-refractivity contribution in [1.29, 1.82) is 0 Å². The van der Waals surface area contributed by atoms with Gasteiger partial charge in [-0.3, -0.25) is 4.90 Å². The lowest BCUT2D eigenvalue weighted by Gasteiger charge is -2.59. The van der Waals surface area contributed by atoms with E-state index in [0.717, 1.165) is 31.1 Å². The maximum Gasteiger partial charge on any atom is 0.116 e. The van der Waals surface area contributed by atoms with Gasteiger partial charge in [0, 0.05) is 18.0 Å². The molecular weight excluding hydrogens is 366 g/mol. The zero-order valence-corrected chi connectivity index (χ0v) is 17.9. The second-order valence-electron chi connectivity index (χ2n) is 10.5. The number of allylic oxidation sites excluding steroid dienone is 1. The summed E-state index contributed by atoms with van der Waals surface area (Å²) in [6.45, 7) is 6.96. The fraction of sp³-hybridized carbons (Fsp3) is 0.500. The van der Waals surface area contributed by atoms with Crippen LogP contribution in [0.25, 0.3) is 0 Å². The minimum atomic E-state index is 0.192. The van der Waals surface area contributed by atoms with Crippen LogP contribution in [0, 0.1) is 11.8 Å². The summed E-state index contributed by atoms with van der Waals surface area (Å²) in [4.78, 5) is 2.86. The Kier molecular flexibility index (Phi) is 4.35. The highest BCUT2D eigenvalue weighted by molar-refractivity contribution is 5.52. The lowest BCUT2D eigenvalue weighted by atomic mass is 9.51. The summed E-state index contributed by atoms with van der Waals surface area (Å²) in [5, 5.41) is 10.7. The largest absolute Gasteiger partial charge is 0.508 e. The third kappa shape index (κ3) is 3.03. The molecule has 0 amide bonds. The summed E-state index contributed by atoms with van der Waals surface area (Å²) >= 11 is 0. The number of hydrogen-bond acceptors (Lipinski definition) is 2. The van der Waals surface area contributed by atoms with Crippen LogP contribution in [0.15, 0.2) is 54.6 Å². The summed E-state index contributed by atoms with van der Waals surface area (Å²) in [6.07, 6.45) is 9.73. The summed E-state index contributed by atoms with van der Waals surface area (Å²) in [7, 11) is 0. The monoisotopic (exact) mass is 399 g/mol. The summed E-state index contributed by atoms with van der Waals surface area (Å²) in [6, 6.07) is 15.6. The molecule has 2 heteroatoms. The van der Waals surface area contributed by atoms with Crippen molar-refractivity contribution in [2.45, 2.75) is 62.8 Å². The van der Waals surface area contributed by atoms with E-state index >= 15 is 0 Å². The van der Waals surface area contributed by atoms with E-state index in [-0.39, 0.29) is 5.41 Å². The minimum Gasteiger partial charge on any atom is -0.508 e. The van der Waals surface area contributed by atoms with Crippen molar-refractivity contribution in [2.75, 3.05) is 13.1 Å². The molecule has 2 aromatic carbocycles. The second-order valence-corrected chi connectivity index (χ2v) is 10.5. The maximum atomic E-state index is 10.7. The average Bonchev–Trinajstić information content (AvgIpc) is 3.55. The number of benzene rings is 2. The van der Waals surface area contributed by atoms with E-state index < -0.39 is 0 Å². The Morgan fingerprint density at radius 2 is 1.93 bits per heavy atom. The predicted octanol–water partition coefficient (Wildman–Crippen LogP) is 5.62. The normalized spacial score (nSPS) is 30.6. The molecule has 4 aliphatic rings. The fourth-order valence-corrected chi connectivity index (χ4v) is 7.04. The number of rotatable bonds is 4. The molecule has 1 N–H and O–H groups in total. The van der Waals surface area contributed by atoms with Crippen LogP contribution in [0.1, 0.15) is 60.8 Å². The van der Waals surface area contributed by atoms with Crippen molar-refractivity contribution >= 4 is 0 Å². The molecule has 1 aliphatic heterocycles. The lowest BCUT2D eigenvalue weighted by molar-refractivity contribution is -0.00300. The van der Waals surface area contributed by atoms with Crippen molar-refractivity contribution in [2.24, 2.45) is 11.8 Å². The molecule has 3 atom stereocenters. The standard InChI is InChI=1S/C28H33NO/c1-19-7-10-25-27-16-24-22(13-20-5-3-2-4-6-20)14-23(30)15-26(24)28(25,17-19)11-12-29(27)18-21-8-9-21/h2-6,14-15,21,25,27,30H,1,7-13,16-18H2/t25-,27+,28-/m0/s1. The van der Waals surface area contributed by atoms with Gasteiger partial charge >= 0.3 is 0 Å². The molecule has 0 aromatic heterocycles. The second kappa shape index (κ2) is 6.99. The third-order valence-corrected chi connectivity index (χ3v) is 8.57. The Morgan fingerprint density at radius 3 is 2.73 bits per heavy atom. The highest BCUT2D eigenvalue weighted by Crippen LogP contribution is 2.58. The molecule has 1 saturated heterocycles. The fourth-order valence-electron chi connectivity index (χ4n) is 7.04. The Hall–Kier alpha value is -2.06. The molecule has 1 heterocycles. The first-order chi connectivity index (χ1) is 14.6. The molecule has 3 aliphatic carbocycles. The summed E-state index contributed by atoms with van der Waals surface area (Å²) in [5.74, 6) is 2.11. The molecule has 0 radical (unpaired) electrons.